The SMILES string of the molecule is COc1nc(Sc2ncc(C)cn2)ncc1Br. The molecule has 2 heterocycles. The van der Waals surface area contributed by atoms with E-state index in [0.717, 1.165) is 5.56 Å². The van der Waals surface area contributed by atoms with Crippen molar-refractivity contribution in [2.45, 2.75) is 17.2 Å². The molecule has 88 valence electrons. The Bertz CT molecular complexity index is 520. The van der Waals surface area contributed by atoms with Crippen LogP contribution in [0, 0.1) is 6.92 Å². The molecule has 0 spiro atoms. The molecule has 0 atom stereocenters. The second kappa shape index (κ2) is 5.42. The first kappa shape index (κ1) is 12.3. The highest BCUT2D eigenvalue weighted by Gasteiger charge is 2.07. The molecule has 17 heavy (non-hydrogen) atoms. The van der Waals surface area contributed by atoms with Crippen molar-refractivity contribution in [3.05, 3.63) is 28.6 Å². The fourth-order valence-electron chi connectivity index (χ4n) is 1.04. The number of rotatable bonds is 3. The molecule has 0 aliphatic carbocycles. The van der Waals surface area contributed by atoms with Crippen LogP contribution in [0.15, 0.2) is 33.4 Å². The number of methoxy groups -OCH3 is 1. The van der Waals surface area contributed by atoms with Crippen LogP contribution in [0.3, 0.4) is 0 Å². The van der Waals surface area contributed by atoms with Crippen molar-refractivity contribution in [1.29, 1.82) is 0 Å². The smallest absolute Gasteiger partial charge is 0.231 e. The third-order valence-corrected chi connectivity index (χ3v) is 3.14. The van der Waals surface area contributed by atoms with Crippen LogP contribution >= 0.6 is 27.7 Å². The first-order valence-electron chi connectivity index (χ1n) is 4.72. The van der Waals surface area contributed by atoms with Crippen molar-refractivity contribution < 1.29 is 4.74 Å². The molecule has 0 radical (unpaired) electrons. The number of aryl methyl sites for hydroxylation is 1. The zero-order valence-corrected chi connectivity index (χ0v) is 11.6. The summed E-state index contributed by atoms with van der Waals surface area (Å²) in [6, 6.07) is 0. The van der Waals surface area contributed by atoms with E-state index < -0.39 is 0 Å². The highest BCUT2D eigenvalue weighted by Crippen LogP contribution is 2.26. The molecule has 0 aromatic carbocycles. The molecule has 0 fully saturated rings. The summed E-state index contributed by atoms with van der Waals surface area (Å²) in [4.78, 5) is 16.7. The summed E-state index contributed by atoms with van der Waals surface area (Å²) in [5.74, 6) is 0.495. The first-order valence-corrected chi connectivity index (χ1v) is 6.33. The predicted molar refractivity (Wildman–Crippen MR) is 67.2 cm³/mol. The Labute approximate surface area is 111 Å². The Hall–Kier alpha value is -1.21. The van der Waals surface area contributed by atoms with E-state index in [2.05, 4.69) is 35.9 Å². The van der Waals surface area contributed by atoms with Gasteiger partial charge in [0.05, 0.1) is 11.6 Å². The van der Waals surface area contributed by atoms with E-state index in [1.807, 2.05) is 6.92 Å². The minimum absolute atomic E-state index is 0.495. The van der Waals surface area contributed by atoms with Crippen molar-refractivity contribution >= 4 is 27.7 Å². The normalized spacial score (nSPS) is 10.3. The van der Waals surface area contributed by atoms with Crippen molar-refractivity contribution in [2.24, 2.45) is 0 Å². The van der Waals surface area contributed by atoms with Crippen molar-refractivity contribution in [2.75, 3.05) is 7.11 Å². The van der Waals surface area contributed by atoms with Crippen LogP contribution in [0.25, 0.3) is 0 Å². The van der Waals surface area contributed by atoms with E-state index in [1.54, 1.807) is 25.7 Å². The lowest BCUT2D eigenvalue weighted by molar-refractivity contribution is 0.389. The van der Waals surface area contributed by atoms with E-state index in [9.17, 15) is 0 Å². The van der Waals surface area contributed by atoms with Gasteiger partial charge >= 0.3 is 0 Å². The molecule has 0 bridgehead atoms. The summed E-state index contributed by atoms with van der Waals surface area (Å²) in [6.45, 7) is 1.94. The maximum Gasteiger partial charge on any atom is 0.231 e. The average molecular weight is 313 g/mol. The number of halogens is 1. The number of hydrogen-bond acceptors (Lipinski definition) is 6. The van der Waals surface area contributed by atoms with Gasteiger partial charge in [0.2, 0.25) is 5.88 Å². The molecule has 0 saturated heterocycles. The van der Waals surface area contributed by atoms with Crippen molar-refractivity contribution in [3.63, 3.8) is 0 Å². The van der Waals surface area contributed by atoms with Crippen LogP contribution < -0.4 is 4.74 Å². The van der Waals surface area contributed by atoms with Gasteiger partial charge in [0.25, 0.3) is 0 Å². The van der Waals surface area contributed by atoms with E-state index in [1.165, 1.54) is 11.8 Å². The number of nitrogens with zero attached hydrogens (tertiary/aromatic N) is 4. The second-order valence-electron chi connectivity index (χ2n) is 3.15. The maximum absolute atomic E-state index is 5.09. The van der Waals surface area contributed by atoms with Gasteiger partial charge in [-0.25, -0.2) is 15.0 Å². The van der Waals surface area contributed by atoms with E-state index in [4.69, 9.17) is 4.74 Å². The van der Waals surface area contributed by atoms with Crippen LogP contribution in [-0.4, -0.2) is 27.0 Å². The van der Waals surface area contributed by atoms with Gasteiger partial charge < -0.3 is 4.74 Å². The van der Waals surface area contributed by atoms with Gasteiger partial charge in [-0.3, -0.25) is 0 Å². The van der Waals surface area contributed by atoms with Gasteiger partial charge in [-0.2, -0.15) is 4.98 Å². The van der Waals surface area contributed by atoms with Gasteiger partial charge in [-0.1, -0.05) is 0 Å². The van der Waals surface area contributed by atoms with Gasteiger partial charge in [0.1, 0.15) is 0 Å². The monoisotopic (exact) mass is 312 g/mol. The molecule has 0 aliphatic rings. The third-order valence-electron chi connectivity index (χ3n) is 1.82. The molecule has 7 heteroatoms. The summed E-state index contributed by atoms with van der Waals surface area (Å²) < 4.78 is 5.81. The molecule has 2 aromatic rings. The molecule has 2 rings (SSSR count). The van der Waals surface area contributed by atoms with E-state index in [0.29, 0.717) is 20.7 Å². The lowest BCUT2D eigenvalue weighted by atomic mass is 10.4. The number of aromatic nitrogens is 4. The number of hydrogen-bond donors (Lipinski definition) is 0. The summed E-state index contributed by atoms with van der Waals surface area (Å²) in [5, 5.41) is 1.16. The lowest BCUT2D eigenvalue weighted by Gasteiger charge is -2.03. The molecule has 0 unspecified atom stereocenters. The topological polar surface area (TPSA) is 60.8 Å². The molecular weight excluding hydrogens is 304 g/mol. The molecule has 0 amide bonds. The van der Waals surface area contributed by atoms with E-state index in [-0.39, 0.29) is 0 Å². The van der Waals surface area contributed by atoms with Crippen LogP contribution in [0.5, 0.6) is 5.88 Å². The number of ether oxygens (including phenoxy) is 1. The molecule has 5 nitrogen and oxygen atoms in total. The predicted octanol–water partition coefficient (Wildman–Crippen LogP) is 2.50. The van der Waals surface area contributed by atoms with Crippen LogP contribution in [0.4, 0.5) is 0 Å². The first-order chi connectivity index (χ1) is 8.19. The molecule has 0 saturated carbocycles. The van der Waals surface area contributed by atoms with Crippen LogP contribution in [0.2, 0.25) is 0 Å². The van der Waals surface area contributed by atoms with Crippen molar-refractivity contribution in [1.82, 2.24) is 19.9 Å². The molecular formula is C10H9BrN4OS. The summed E-state index contributed by atoms with van der Waals surface area (Å²) in [5.41, 5.74) is 1.02. The summed E-state index contributed by atoms with van der Waals surface area (Å²) >= 11 is 4.58. The standard InChI is InChI=1S/C10H9BrN4OS/c1-6-3-12-9(13-4-6)17-10-14-5-7(11)8(15-10)16-2/h3-5H,1-2H3. The minimum Gasteiger partial charge on any atom is -0.480 e. The summed E-state index contributed by atoms with van der Waals surface area (Å²) in [7, 11) is 1.56. The van der Waals surface area contributed by atoms with E-state index >= 15 is 0 Å². The minimum atomic E-state index is 0.495. The zero-order chi connectivity index (χ0) is 12.3. The zero-order valence-electron chi connectivity index (χ0n) is 9.22. The molecule has 0 N–H and O–H groups in total. The Morgan fingerprint density at radius 1 is 1.12 bits per heavy atom. The van der Waals surface area contributed by atoms with Crippen LogP contribution in [0.1, 0.15) is 5.56 Å². The largest absolute Gasteiger partial charge is 0.480 e. The lowest BCUT2D eigenvalue weighted by Crippen LogP contribution is -1.94. The Morgan fingerprint density at radius 3 is 2.41 bits per heavy atom. The third kappa shape index (κ3) is 3.13. The van der Waals surface area contributed by atoms with Gasteiger partial charge in [0.15, 0.2) is 10.3 Å². The Balaban J connectivity index is 2.21. The summed E-state index contributed by atoms with van der Waals surface area (Å²) in [6.07, 6.45) is 5.15. The van der Waals surface area contributed by atoms with Gasteiger partial charge in [-0.15, -0.1) is 0 Å². The van der Waals surface area contributed by atoms with Crippen LogP contribution in [-0.2, 0) is 0 Å². The maximum atomic E-state index is 5.09. The fourth-order valence-corrected chi connectivity index (χ4v) is 2.00. The van der Waals surface area contributed by atoms with Gasteiger partial charge in [-0.05, 0) is 40.2 Å². The highest BCUT2D eigenvalue weighted by atomic mass is 79.9. The average Bonchev–Trinajstić information content (AvgIpc) is 2.34. The quantitative estimate of drug-likeness (QED) is 0.811. The fraction of sp³-hybridized carbons (Fsp3) is 0.200. The Kier molecular flexibility index (Phi) is 3.90. The molecule has 2 aromatic heterocycles. The van der Waals surface area contributed by atoms with Crippen molar-refractivity contribution in [3.8, 4) is 5.88 Å². The second-order valence-corrected chi connectivity index (χ2v) is 4.94. The van der Waals surface area contributed by atoms with Gasteiger partial charge in [0, 0.05) is 18.6 Å². The molecule has 0 aliphatic heterocycles. The Morgan fingerprint density at radius 2 is 1.76 bits per heavy atom. The highest BCUT2D eigenvalue weighted by molar-refractivity contribution is 9.10.